The predicted molar refractivity (Wildman–Crippen MR) is 105 cm³/mol. The van der Waals surface area contributed by atoms with Gasteiger partial charge in [-0.05, 0) is 61.8 Å². The third kappa shape index (κ3) is 3.17. The van der Waals surface area contributed by atoms with Crippen molar-refractivity contribution >= 4 is 5.78 Å². The zero-order valence-electron chi connectivity index (χ0n) is 17.3. The van der Waals surface area contributed by atoms with Gasteiger partial charge in [0.2, 0.25) is 0 Å². The van der Waals surface area contributed by atoms with Crippen molar-refractivity contribution in [2.24, 2.45) is 17.3 Å². The van der Waals surface area contributed by atoms with Crippen LogP contribution in [-0.4, -0.2) is 46.0 Å². The van der Waals surface area contributed by atoms with Gasteiger partial charge in [-0.25, -0.2) is 0 Å². The molecule has 5 nitrogen and oxygen atoms in total. The molecule has 4 rings (SSSR count). The van der Waals surface area contributed by atoms with E-state index in [2.05, 4.69) is 27.7 Å². The van der Waals surface area contributed by atoms with E-state index in [4.69, 9.17) is 9.47 Å². The summed E-state index contributed by atoms with van der Waals surface area (Å²) < 4.78 is 12.3. The van der Waals surface area contributed by atoms with Crippen LogP contribution in [0, 0.1) is 17.3 Å². The fourth-order valence-corrected chi connectivity index (χ4v) is 5.79. The molecule has 0 spiro atoms. The lowest BCUT2D eigenvalue weighted by molar-refractivity contribution is -0.132. The van der Waals surface area contributed by atoms with Gasteiger partial charge < -0.3 is 19.7 Å². The van der Waals surface area contributed by atoms with E-state index < -0.39 is 5.60 Å². The molecule has 0 unspecified atom stereocenters. The molecule has 28 heavy (non-hydrogen) atoms. The van der Waals surface area contributed by atoms with Gasteiger partial charge in [0.15, 0.2) is 5.78 Å². The van der Waals surface area contributed by atoms with Crippen LogP contribution < -0.4 is 0 Å². The highest BCUT2D eigenvalue weighted by molar-refractivity contribution is 5.97. The number of benzene rings is 1. The topological polar surface area (TPSA) is 79.3 Å². The first kappa shape index (κ1) is 19.9. The average molecular weight is 389 g/mol. The number of hydrogen-bond acceptors (Lipinski definition) is 5. The largest absolute Gasteiger partial charge is 0.508 e. The van der Waals surface area contributed by atoms with Crippen LogP contribution in [0.1, 0.15) is 63.7 Å². The molecule has 6 atom stereocenters. The van der Waals surface area contributed by atoms with E-state index in [-0.39, 0.29) is 53.2 Å². The van der Waals surface area contributed by atoms with E-state index in [0.717, 1.165) is 19.3 Å². The Balaban J connectivity index is 1.57. The van der Waals surface area contributed by atoms with Gasteiger partial charge in [-0.1, -0.05) is 20.8 Å². The summed E-state index contributed by atoms with van der Waals surface area (Å²) in [6.07, 6.45) is 3.36. The predicted octanol–water partition coefficient (Wildman–Crippen LogP) is 3.71. The van der Waals surface area contributed by atoms with Gasteiger partial charge >= 0.3 is 0 Å². The summed E-state index contributed by atoms with van der Waals surface area (Å²) in [6.45, 7) is 8.50. The number of Topliss-reactive ketones (excluding diaryl/α,β-unsaturated/α-hetero) is 1. The molecule has 0 radical (unpaired) electrons. The highest BCUT2D eigenvalue weighted by Gasteiger charge is 2.67. The van der Waals surface area contributed by atoms with Crippen molar-refractivity contribution in [1.29, 1.82) is 0 Å². The zero-order valence-corrected chi connectivity index (χ0v) is 17.3. The second kappa shape index (κ2) is 6.54. The molecule has 1 heterocycles. The molecule has 2 aliphatic carbocycles. The number of phenolic OH excluding ortho intramolecular Hbond substituents is 1. The van der Waals surface area contributed by atoms with Crippen molar-refractivity contribution < 1.29 is 24.5 Å². The third-order valence-electron chi connectivity index (χ3n) is 7.67. The monoisotopic (exact) mass is 388 g/mol. The van der Waals surface area contributed by atoms with Crippen molar-refractivity contribution in [3.63, 3.8) is 0 Å². The first-order valence-electron chi connectivity index (χ1n) is 10.4. The summed E-state index contributed by atoms with van der Waals surface area (Å²) in [4.78, 5) is 12.6. The van der Waals surface area contributed by atoms with E-state index in [1.807, 2.05) is 0 Å². The van der Waals surface area contributed by atoms with Gasteiger partial charge in [0.05, 0.1) is 23.4 Å². The number of fused-ring (bicyclic) bond motifs is 2. The number of carbonyl (C=O) groups excluding carboxylic acids is 1. The molecule has 154 valence electrons. The Bertz CT molecular complexity index is 759. The lowest BCUT2D eigenvalue weighted by Crippen LogP contribution is -2.50. The lowest BCUT2D eigenvalue weighted by atomic mass is 9.67. The quantitative estimate of drug-likeness (QED) is 0.594. The van der Waals surface area contributed by atoms with E-state index >= 15 is 0 Å². The number of ether oxygens (including phenoxy) is 2. The van der Waals surface area contributed by atoms with Crippen LogP contribution in [0.3, 0.4) is 0 Å². The minimum atomic E-state index is -0.784. The van der Waals surface area contributed by atoms with Crippen LogP contribution in [0.25, 0.3) is 0 Å². The minimum Gasteiger partial charge on any atom is -0.508 e. The van der Waals surface area contributed by atoms with Crippen LogP contribution in [0.2, 0.25) is 0 Å². The maximum absolute atomic E-state index is 12.6. The van der Waals surface area contributed by atoms with Gasteiger partial charge in [0.25, 0.3) is 0 Å². The Morgan fingerprint density at radius 2 is 1.89 bits per heavy atom. The molecule has 0 aromatic heterocycles. The molecule has 2 saturated carbocycles. The number of phenols is 1. The van der Waals surface area contributed by atoms with Gasteiger partial charge in [0.1, 0.15) is 12.4 Å². The van der Waals surface area contributed by atoms with Crippen LogP contribution >= 0.6 is 0 Å². The molecule has 5 heteroatoms. The Hall–Kier alpha value is -1.43. The third-order valence-corrected chi connectivity index (χ3v) is 7.67. The molecular formula is C23H32O5. The van der Waals surface area contributed by atoms with E-state index in [1.54, 1.807) is 12.1 Å². The van der Waals surface area contributed by atoms with E-state index in [1.165, 1.54) is 12.1 Å². The molecule has 0 bridgehead atoms. The highest BCUT2D eigenvalue weighted by Crippen LogP contribution is 2.63. The maximum atomic E-state index is 12.6. The number of aromatic hydroxyl groups is 1. The molecule has 1 aromatic rings. The fourth-order valence-electron chi connectivity index (χ4n) is 5.79. The van der Waals surface area contributed by atoms with E-state index in [0.29, 0.717) is 12.0 Å². The summed E-state index contributed by atoms with van der Waals surface area (Å²) in [5, 5.41) is 21.0. The first-order valence-corrected chi connectivity index (χ1v) is 10.4. The van der Waals surface area contributed by atoms with Crippen LogP contribution in [0.5, 0.6) is 5.75 Å². The van der Waals surface area contributed by atoms with Crippen LogP contribution in [0.4, 0.5) is 0 Å². The molecule has 1 aliphatic heterocycles. The molecule has 0 amide bonds. The second-order valence-electron chi connectivity index (χ2n) is 9.92. The van der Waals surface area contributed by atoms with Gasteiger partial charge in [0, 0.05) is 17.9 Å². The molecule has 3 fully saturated rings. The van der Waals surface area contributed by atoms with Crippen molar-refractivity contribution in [2.45, 2.75) is 76.8 Å². The number of hydrogen-bond donors (Lipinski definition) is 2. The Morgan fingerprint density at radius 1 is 1.21 bits per heavy atom. The number of carbonyl (C=O) groups is 1. The zero-order chi connectivity index (χ0) is 20.3. The lowest BCUT2D eigenvalue weighted by Gasteiger charge is -2.44. The van der Waals surface area contributed by atoms with Gasteiger partial charge in [-0.3, -0.25) is 4.79 Å². The Labute approximate surface area is 167 Å². The van der Waals surface area contributed by atoms with Crippen LogP contribution in [0.15, 0.2) is 24.3 Å². The van der Waals surface area contributed by atoms with Crippen LogP contribution in [-0.2, 0) is 9.47 Å². The molecule has 3 aliphatic rings. The molecule has 1 aromatic carbocycles. The smallest absolute Gasteiger partial charge is 0.188 e. The van der Waals surface area contributed by atoms with Crippen molar-refractivity contribution in [1.82, 2.24) is 0 Å². The molecular weight excluding hydrogens is 356 g/mol. The summed E-state index contributed by atoms with van der Waals surface area (Å²) in [6, 6.07) is 6.24. The molecule has 2 N–H and O–H groups in total. The summed E-state index contributed by atoms with van der Waals surface area (Å²) >= 11 is 0. The van der Waals surface area contributed by atoms with Gasteiger partial charge in [-0.2, -0.15) is 0 Å². The Morgan fingerprint density at radius 3 is 2.54 bits per heavy atom. The standard InChI is InChI=1S/C23H32O5/c1-14(2)23(26)10-9-21(3)12-19-22(4,28-19)11-18(20(21)23)27-13-17(25)15-5-7-16(24)8-6-15/h5-8,14,18-20,24,26H,9-13H2,1-4H3/t18-,19-,20+,21+,22+,23+/m0/s1. The summed E-state index contributed by atoms with van der Waals surface area (Å²) in [5.74, 6) is 0.132. The van der Waals surface area contributed by atoms with Crippen molar-refractivity contribution in [3.05, 3.63) is 29.8 Å². The Kier molecular flexibility index (Phi) is 4.64. The SMILES string of the molecule is CC(C)[C@]1(O)CC[C@]2(C)C[C@@H]3O[C@]3(C)C[C@H](OCC(=O)c3ccc(O)cc3)[C@H]21. The molecule has 1 saturated heterocycles. The first-order chi connectivity index (χ1) is 13.1. The fraction of sp³-hybridized carbons (Fsp3) is 0.696. The van der Waals surface area contributed by atoms with E-state index in [9.17, 15) is 15.0 Å². The van der Waals surface area contributed by atoms with Gasteiger partial charge in [-0.15, -0.1) is 0 Å². The second-order valence-corrected chi connectivity index (χ2v) is 9.92. The average Bonchev–Trinajstić information content (AvgIpc) is 3.18. The highest BCUT2D eigenvalue weighted by atomic mass is 16.6. The summed E-state index contributed by atoms with van der Waals surface area (Å²) in [7, 11) is 0. The number of epoxide rings is 1. The number of aliphatic hydroxyl groups is 1. The number of rotatable bonds is 5. The maximum Gasteiger partial charge on any atom is 0.188 e. The van der Waals surface area contributed by atoms with Crippen molar-refractivity contribution in [3.8, 4) is 5.75 Å². The normalized spacial score (nSPS) is 42.0. The van der Waals surface area contributed by atoms with Crippen molar-refractivity contribution in [2.75, 3.05) is 6.61 Å². The minimum absolute atomic E-state index is 0.0131. The summed E-state index contributed by atoms with van der Waals surface area (Å²) in [5.41, 5.74) is -0.526. The number of ketones is 1.